The van der Waals surface area contributed by atoms with E-state index in [0.29, 0.717) is 5.41 Å². The summed E-state index contributed by atoms with van der Waals surface area (Å²) in [5.41, 5.74) is 0.590. The summed E-state index contributed by atoms with van der Waals surface area (Å²) in [6, 6.07) is 0. The summed E-state index contributed by atoms with van der Waals surface area (Å²) >= 11 is 4.27. The Morgan fingerprint density at radius 2 is 1.85 bits per heavy atom. The molecule has 1 aliphatic heterocycles. The molecule has 78 valence electrons. The molecular formula is C11H23NS. The van der Waals surface area contributed by atoms with Gasteiger partial charge in [-0.15, -0.1) is 0 Å². The summed E-state index contributed by atoms with van der Waals surface area (Å²) in [6.07, 6.45) is 2.72. The molecule has 0 amide bonds. The third-order valence-electron chi connectivity index (χ3n) is 3.81. The van der Waals surface area contributed by atoms with E-state index in [2.05, 4.69) is 38.3 Å². The maximum atomic E-state index is 4.27. The molecule has 0 atom stereocenters. The van der Waals surface area contributed by atoms with Crippen LogP contribution in [0.2, 0.25) is 0 Å². The van der Waals surface area contributed by atoms with E-state index < -0.39 is 0 Å². The van der Waals surface area contributed by atoms with Crippen molar-refractivity contribution in [3.63, 3.8) is 0 Å². The molecule has 1 nitrogen and oxygen atoms in total. The van der Waals surface area contributed by atoms with E-state index in [1.807, 2.05) is 0 Å². The molecule has 0 unspecified atom stereocenters. The van der Waals surface area contributed by atoms with Gasteiger partial charge in [0.15, 0.2) is 0 Å². The Kier molecular flexibility index (Phi) is 4.11. The number of thiol groups is 1. The van der Waals surface area contributed by atoms with Crippen LogP contribution in [0, 0.1) is 11.3 Å². The van der Waals surface area contributed by atoms with Crippen LogP contribution in [0.4, 0.5) is 0 Å². The molecule has 1 heterocycles. The highest BCUT2D eigenvalue weighted by Crippen LogP contribution is 2.37. The van der Waals surface area contributed by atoms with Crippen molar-refractivity contribution in [1.82, 2.24) is 4.90 Å². The van der Waals surface area contributed by atoms with Crippen LogP contribution < -0.4 is 0 Å². The zero-order chi connectivity index (χ0) is 9.90. The van der Waals surface area contributed by atoms with Gasteiger partial charge in [0.2, 0.25) is 0 Å². The van der Waals surface area contributed by atoms with E-state index in [9.17, 15) is 0 Å². The lowest BCUT2D eigenvalue weighted by atomic mass is 9.72. The summed E-state index contributed by atoms with van der Waals surface area (Å²) in [5, 5.41) is 0. The van der Waals surface area contributed by atoms with Crippen LogP contribution in [-0.4, -0.2) is 30.3 Å². The number of rotatable bonds is 3. The van der Waals surface area contributed by atoms with Gasteiger partial charge in [-0.3, -0.25) is 0 Å². The van der Waals surface area contributed by atoms with Crippen molar-refractivity contribution >= 4 is 12.6 Å². The molecule has 1 saturated heterocycles. The Bertz CT molecular complexity index is 148. The molecule has 0 aromatic rings. The smallest absolute Gasteiger partial charge is 0.00698 e. The molecule has 1 rings (SSSR count). The minimum atomic E-state index is 0.590. The molecule has 0 spiro atoms. The van der Waals surface area contributed by atoms with E-state index in [0.717, 1.165) is 18.2 Å². The third kappa shape index (κ3) is 2.88. The summed E-state index contributed by atoms with van der Waals surface area (Å²) in [4.78, 5) is 2.54. The fourth-order valence-corrected chi connectivity index (χ4v) is 2.29. The van der Waals surface area contributed by atoms with E-state index in [1.165, 1.54) is 25.9 Å². The minimum Gasteiger partial charge on any atom is -0.302 e. The molecule has 1 fully saturated rings. The van der Waals surface area contributed by atoms with Crippen molar-refractivity contribution in [2.75, 3.05) is 25.4 Å². The Balaban J connectivity index is 2.37. The van der Waals surface area contributed by atoms with Gasteiger partial charge in [0.25, 0.3) is 0 Å². The molecule has 0 N–H and O–H groups in total. The first-order chi connectivity index (χ1) is 6.08. The lowest BCUT2D eigenvalue weighted by molar-refractivity contribution is 0.0822. The SMILES string of the molecule is CC(C)C1(C)CCN(CCS)CC1. The average Bonchev–Trinajstić information content (AvgIpc) is 2.09. The highest BCUT2D eigenvalue weighted by molar-refractivity contribution is 7.80. The molecule has 0 aromatic carbocycles. The molecule has 0 bridgehead atoms. The van der Waals surface area contributed by atoms with Crippen molar-refractivity contribution in [3.8, 4) is 0 Å². The van der Waals surface area contributed by atoms with Crippen LogP contribution in [0.1, 0.15) is 33.6 Å². The maximum absolute atomic E-state index is 4.27. The lowest BCUT2D eigenvalue weighted by Crippen LogP contribution is -2.41. The van der Waals surface area contributed by atoms with Gasteiger partial charge in [-0.25, -0.2) is 0 Å². The molecule has 0 saturated carbocycles. The van der Waals surface area contributed by atoms with Crippen LogP contribution in [0.25, 0.3) is 0 Å². The minimum absolute atomic E-state index is 0.590. The molecule has 0 aliphatic carbocycles. The fraction of sp³-hybridized carbons (Fsp3) is 1.00. The number of likely N-dealkylation sites (tertiary alicyclic amines) is 1. The maximum Gasteiger partial charge on any atom is 0.00698 e. The predicted octanol–water partition coefficient (Wildman–Crippen LogP) is 2.67. The summed E-state index contributed by atoms with van der Waals surface area (Å²) in [6.45, 7) is 10.9. The van der Waals surface area contributed by atoms with E-state index >= 15 is 0 Å². The quantitative estimate of drug-likeness (QED) is 0.687. The second-order valence-electron chi connectivity index (χ2n) is 4.87. The van der Waals surface area contributed by atoms with Crippen molar-refractivity contribution in [2.24, 2.45) is 11.3 Å². The second kappa shape index (κ2) is 4.70. The van der Waals surface area contributed by atoms with Gasteiger partial charge in [0, 0.05) is 12.3 Å². The Hall–Kier alpha value is 0.310. The summed E-state index contributed by atoms with van der Waals surface area (Å²) < 4.78 is 0. The summed E-state index contributed by atoms with van der Waals surface area (Å²) in [7, 11) is 0. The second-order valence-corrected chi connectivity index (χ2v) is 5.32. The monoisotopic (exact) mass is 201 g/mol. The highest BCUT2D eigenvalue weighted by Gasteiger charge is 2.32. The zero-order valence-corrected chi connectivity index (χ0v) is 10.1. The molecule has 0 aromatic heterocycles. The first-order valence-corrected chi connectivity index (χ1v) is 6.05. The van der Waals surface area contributed by atoms with E-state index in [1.54, 1.807) is 0 Å². The molecular weight excluding hydrogens is 178 g/mol. The van der Waals surface area contributed by atoms with Crippen molar-refractivity contribution < 1.29 is 0 Å². The normalized spacial score (nSPS) is 23.8. The number of hydrogen-bond donors (Lipinski definition) is 1. The Morgan fingerprint density at radius 3 is 2.23 bits per heavy atom. The lowest BCUT2D eigenvalue weighted by Gasteiger charge is -2.42. The van der Waals surface area contributed by atoms with Crippen LogP contribution in [-0.2, 0) is 0 Å². The number of hydrogen-bond acceptors (Lipinski definition) is 2. The van der Waals surface area contributed by atoms with Gasteiger partial charge in [0.1, 0.15) is 0 Å². The molecule has 13 heavy (non-hydrogen) atoms. The first kappa shape index (κ1) is 11.4. The Morgan fingerprint density at radius 1 is 1.31 bits per heavy atom. The predicted molar refractivity (Wildman–Crippen MR) is 62.5 cm³/mol. The van der Waals surface area contributed by atoms with E-state index in [4.69, 9.17) is 0 Å². The van der Waals surface area contributed by atoms with Gasteiger partial charge in [0.05, 0.1) is 0 Å². The zero-order valence-electron chi connectivity index (χ0n) is 9.21. The first-order valence-electron chi connectivity index (χ1n) is 5.42. The molecule has 1 aliphatic rings. The van der Waals surface area contributed by atoms with Crippen LogP contribution in [0.5, 0.6) is 0 Å². The highest BCUT2D eigenvalue weighted by atomic mass is 32.1. The van der Waals surface area contributed by atoms with Crippen molar-refractivity contribution in [2.45, 2.75) is 33.6 Å². The topological polar surface area (TPSA) is 3.24 Å². The number of piperidine rings is 1. The largest absolute Gasteiger partial charge is 0.302 e. The van der Waals surface area contributed by atoms with Crippen molar-refractivity contribution in [3.05, 3.63) is 0 Å². The summed E-state index contributed by atoms with van der Waals surface area (Å²) in [5.74, 6) is 1.82. The fourth-order valence-electron chi connectivity index (χ4n) is 2.01. The van der Waals surface area contributed by atoms with Crippen LogP contribution >= 0.6 is 12.6 Å². The van der Waals surface area contributed by atoms with Crippen molar-refractivity contribution in [1.29, 1.82) is 0 Å². The standard InChI is InChI=1S/C11H23NS/c1-10(2)11(3)4-6-12(7-5-11)8-9-13/h10,13H,4-9H2,1-3H3. The molecule has 2 heteroatoms. The van der Waals surface area contributed by atoms with Crippen LogP contribution in [0.15, 0.2) is 0 Å². The van der Waals surface area contributed by atoms with E-state index in [-0.39, 0.29) is 0 Å². The van der Waals surface area contributed by atoms with Gasteiger partial charge in [-0.05, 0) is 37.3 Å². The van der Waals surface area contributed by atoms with Crippen LogP contribution in [0.3, 0.4) is 0 Å². The van der Waals surface area contributed by atoms with Gasteiger partial charge >= 0.3 is 0 Å². The molecule has 0 radical (unpaired) electrons. The third-order valence-corrected chi connectivity index (χ3v) is 4.01. The number of nitrogens with zero attached hydrogens (tertiary/aromatic N) is 1. The van der Waals surface area contributed by atoms with Gasteiger partial charge in [-0.2, -0.15) is 12.6 Å². The Labute approximate surface area is 88.3 Å². The average molecular weight is 201 g/mol. The van der Waals surface area contributed by atoms with Gasteiger partial charge in [-0.1, -0.05) is 20.8 Å². The van der Waals surface area contributed by atoms with Gasteiger partial charge < -0.3 is 4.90 Å².